The molecule has 0 atom stereocenters. The fraction of sp³-hybridized carbons (Fsp3) is 0.263. The van der Waals surface area contributed by atoms with Crippen molar-refractivity contribution in [2.75, 3.05) is 31.7 Å². The Morgan fingerprint density at radius 1 is 1.11 bits per heavy atom. The van der Waals surface area contributed by atoms with Crippen LogP contribution in [0.4, 0.5) is 5.69 Å². The Morgan fingerprint density at radius 2 is 1.81 bits per heavy atom. The minimum atomic E-state index is -0.0266. The molecule has 0 saturated carbocycles. The number of anilines is 1. The Hall–Kier alpha value is -1.47. The van der Waals surface area contributed by atoms with Crippen LogP contribution in [-0.2, 0) is 5.75 Å². The molecule has 0 bridgehead atoms. The van der Waals surface area contributed by atoms with Crippen molar-refractivity contribution in [3.05, 3.63) is 63.6 Å². The number of carbonyl (C=O) groups excluding carboxylic acids is 1. The monoisotopic (exact) mass is 441 g/mol. The molecule has 8 heteroatoms. The molecule has 0 unspecified atom stereocenters. The van der Waals surface area contributed by atoms with Gasteiger partial charge < -0.3 is 15.5 Å². The zero-order valence-electron chi connectivity index (χ0n) is 15.1. The topological polar surface area (TPSA) is 44.4 Å². The fourth-order valence-corrected chi connectivity index (χ4v) is 3.53. The second kappa shape index (κ2) is 10.8. The predicted molar refractivity (Wildman–Crippen MR) is 121 cm³/mol. The molecule has 0 aliphatic rings. The summed E-state index contributed by atoms with van der Waals surface area (Å²) < 4.78 is 0. The third kappa shape index (κ3) is 7.22. The molecule has 1 amide bonds. The summed E-state index contributed by atoms with van der Waals surface area (Å²) in [5, 5.41) is 7.99. The smallest absolute Gasteiger partial charge is 0.253 e. The van der Waals surface area contributed by atoms with Crippen LogP contribution in [0.5, 0.6) is 0 Å². The van der Waals surface area contributed by atoms with E-state index in [-0.39, 0.29) is 5.91 Å². The van der Waals surface area contributed by atoms with Gasteiger partial charge in [-0.05, 0) is 54.2 Å². The number of nitrogens with zero attached hydrogens (tertiary/aromatic N) is 1. The SMILES string of the molecule is CN(C)C(=O)c1ccc(NC(=S)NCCSCc2ccc(Cl)c(Cl)c2)cc1. The van der Waals surface area contributed by atoms with E-state index in [9.17, 15) is 4.79 Å². The molecule has 0 saturated heterocycles. The van der Waals surface area contributed by atoms with Gasteiger partial charge in [-0.2, -0.15) is 11.8 Å². The highest BCUT2D eigenvalue weighted by Crippen LogP contribution is 2.24. The summed E-state index contributed by atoms with van der Waals surface area (Å²) in [7, 11) is 3.46. The van der Waals surface area contributed by atoms with E-state index in [1.807, 2.05) is 30.3 Å². The lowest BCUT2D eigenvalue weighted by atomic mass is 10.2. The maximum Gasteiger partial charge on any atom is 0.253 e. The van der Waals surface area contributed by atoms with Crippen LogP contribution in [0.25, 0.3) is 0 Å². The maximum atomic E-state index is 11.9. The Kier molecular flexibility index (Phi) is 8.70. The first-order valence-electron chi connectivity index (χ1n) is 8.25. The van der Waals surface area contributed by atoms with Gasteiger partial charge >= 0.3 is 0 Å². The van der Waals surface area contributed by atoms with Gasteiger partial charge in [-0.25, -0.2) is 0 Å². The van der Waals surface area contributed by atoms with Crippen molar-refractivity contribution >= 4 is 63.9 Å². The second-order valence-corrected chi connectivity index (χ2v) is 8.29. The van der Waals surface area contributed by atoms with Crippen LogP contribution < -0.4 is 10.6 Å². The zero-order chi connectivity index (χ0) is 19.8. The molecule has 0 aromatic heterocycles. The number of rotatable bonds is 7. The average molecular weight is 442 g/mol. The van der Waals surface area contributed by atoms with Crippen molar-refractivity contribution in [1.82, 2.24) is 10.2 Å². The third-order valence-electron chi connectivity index (χ3n) is 3.58. The van der Waals surface area contributed by atoms with E-state index in [1.165, 1.54) is 0 Å². The van der Waals surface area contributed by atoms with Crippen molar-refractivity contribution in [2.24, 2.45) is 0 Å². The number of halogens is 2. The molecule has 0 heterocycles. The first-order valence-corrected chi connectivity index (χ1v) is 10.6. The summed E-state index contributed by atoms with van der Waals surface area (Å²) in [6, 6.07) is 12.9. The Morgan fingerprint density at radius 3 is 2.44 bits per heavy atom. The Labute approximate surface area is 179 Å². The molecule has 2 rings (SSSR count). The largest absolute Gasteiger partial charge is 0.362 e. The van der Waals surface area contributed by atoms with Crippen molar-refractivity contribution < 1.29 is 4.79 Å². The van der Waals surface area contributed by atoms with Gasteiger partial charge in [-0.3, -0.25) is 4.79 Å². The van der Waals surface area contributed by atoms with Gasteiger partial charge in [0.25, 0.3) is 5.91 Å². The first-order chi connectivity index (χ1) is 12.9. The summed E-state index contributed by atoms with van der Waals surface area (Å²) in [4.78, 5) is 13.4. The predicted octanol–water partition coefficient (Wildman–Crippen LogP) is 4.92. The molecule has 0 radical (unpaired) electrons. The zero-order valence-corrected chi connectivity index (χ0v) is 18.2. The molecule has 2 aromatic carbocycles. The van der Waals surface area contributed by atoms with Crippen LogP contribution in [0.1, 0.15) is 15.9 Å². The summed E-state index contributed by atoms with van der Waals surface area (Å²) >= 11 is 19.0. The number of thiocarbonyl (C=S) groups is 1. The number of hydrogen-bond donors (Lipinski definition) is 2. The summed E-state index contributed by atoms with van der Waals surface area (Å²) in [5.41, 5.74) is 2.62. The number of benzene rings is 2. The molecular formula is C19H21Cl2N3OS2. The number of hydrogen-bond acceptors (Lipinski definition) is 3. The number of amides is 1. The van der Waals surface area contributed by atoms with Crippen LogP contribution in [0.2, 0.25) is 10.0 Å². The van der Waals surface area contributed by atoms with E-state index >= 15 is 0 Å². The first kappa shape index (κ1) is 21.8. The highest BCUT2D eigenvalue weighted by Gasteiger charge is 2.07. The fourth-order valence-electron chi connectivity index (χ4n) is 2.19. The van der Waals surface area contributed by atoms with Crippen molar-refractivity contribution in [3.8, 4) is 0 Å². The summed E-state index contributed by atoms with van der Waals surface area (Å²) in [6.07, 6.45) is 0. The average Bonchev–Trinajstić information content (AvgIpc) is 2.64. The highest BCUT2D eigenvalue weighted by atomic mass is 35.5. The number of nitrogens with one attached hydrogen (secondary N) is 2. The summed E-state index contributed by atoms with van der Waals surface area (Å²) in [5.74, 6) is 1.74. The quantitative estimate of drug-likeness (QED) is 0.471. The van der Waals surface area contributed by atoms with E-state index in [0.717, 1.165) is 29.3 Å². The normalized spacial score (nSPS) is 10.4. The lowest BCUT2D eigenvalue weighted by Crippen LogP contribution is -2.30. The molecule has 0 spiro atoms. The van der Waals surface area contributed by atoms with Gasteiger partial charge in [-0.1, -0.05) is 29.3 Å². The van der Waals surface area contributed by atoms with E-state index in [4.69, 9.17) is 35.4 Å². The third-order valence-corrected chi connectivity index (χ3v) is 5.60. The van der Waals surface area contributed by atoms with Gasteiger partial charge in [0.2, 0.25) is 0 Å². The highest BCUT2D eigenvalue weighted by molar-refractivity contribution is 7.98. The Bertz CT molecular complexity index is 798. The minimum absolute atomic E-state index is 0.0266. The molecule has 0 aliphatic carbocycles. The van der Waals surface area contributed by atoms with Crippen molar-refractivity contribution in [3.63, 3.8) is 0 Å². The second-order valence-electron chi connectivity index (χ2n) is 5.96. The summed E-state index contributed by atoms with van der Waals surface area (Å²) in [6.45, 7) is 0.745. The van der Waals surface area contributed by atoms with Crippen LogP contribution in [-0.4, -0.2) is 42.3 Å². The molecule has 4 nitrogen and oxygen atoms in total. The molecule has 2 aromatic rings. The lowest BCUT2D eigenvalue weighted by molar-refractivity contribution is 0.0827. The van der Waals surface area contributed by atoms with Crippen molar-refractivity contribution in [1.29, 1.82) is 0 Å². The van der Waals surface area contributed by atoms with E-state index < -0.39 is 0 Å². The van der Waals surface area contributed by atoms with Gasteiger partial charge in [0.1, 0.15) is 0 Å². The number of carbonyl (C=O) groups is 1. The Balaban J connectivity index is 1.68. The standard InChI is InChI=1S/C19H21Cl2N3OS2/c1-24(2)18(25)14-4-6-15(7-5-14)23-19(26)22-9-10-27-12-13-3-8-16(20)17(21)11-13/h3-8,11H,9-10,12H2,1-2H3,(H2,22,23,26). The lowest BCUT2D eigenvalue weighted by Gasteiger charge is -2.12. The molecule has 2 N–H and O–H groups in total. The molecule has 144 valence electrons. The number of thioether (sulfide) groups is 1. The van der Waals surface area contributed by atoms with Crippen LogP contribution >= 0.6 is 47.2 Å². The molecule has 0 aliphatic heterocycles. The van der Waals surface area contributed by atoms with Crippen LogP contribution in [0.15, 0.2) is 42.5 Å². The molecule has 27 heavy (non-hydrogen) atoms. The maximum absolute atomic E-state index is 11.9. The molecular weight excluding hydrogens is 421 g/mol. The van der Waals surface area contributed by atoms with E-state index in [1.54, 1.807) is 42.9 Å². The van der Waals surface area contributed by atoms with Gasteiger partial charge in [0.15, 0.2) is 5.11 Å². The van der Waals surface area contributed by atoms with Gasteiger partial charge in [0.05, 0.1) is 10.0 Å². The van der Waals surface area contributed by atoms with Gasteiger partial charge in [-0.15, -0.1) is 0 Å². The van der Waals surface area contributed by atoms with Crippen LogP contribution in [0.3, 0.4) is 0 Å². The van der Waals surface area contributed by atoms with Crippen molar-refractivity contribution in [2.45, 2.75) is 5.75 Å². The van der Waals surface area contributed by atoms with Gasteiger partial charge in [0, 0.05) is 43.4 Å². The molecule has 0 fully saturated rings. The van der Waals surface area contributed by atoms with E-state index in [2.05, 4.69) is 10.6 Å². The van der Waals surface area contributed by atoms with Crippen LogP contribution in [0, 0.1) is 0 Å². The minimum Gasteiger partial charge on any atom is -0.362 e. The van der Waals surface area contributed by atoms with E-state index in [0.29, 0.717) is 20.7 Å².